The zero-order valence-corrected chi connectivity index (χ0v) is 14.7. The van der Waals surface area contributed by atoms with Crippen LogP contribution in [0.2, 0.25) is 0 Å². The van der Waals surface area contributed by atoms with E-state index in [1.807, 2.05) is 6.92 Å². The van der Waals surface area contributed by atoms with Crippen LogP contribution in [0.1, 0.15) is 23.5 Å². The van der Waals surface area contributed by atoms with Crippen LogP contribution in [0.25, 0.3) is 0 Å². The third-order valence-corrected chi connectivity index (χ3v) is 5.95. The van der Waals surface area contributed by atoms with E-state index in [-0.39, 0.29) is 4.90 Å². The molecule has 1 atom stereocenters. The number of nitrogens with zero attached hydrogens (tertiary/aromatic N) is 1. The highest BCUT2D eigenvalue weighted by molar-refractivity contribution is 7.92. The Bertz CT molecular complexity index is 782. The predicted molar refractivity (Wildman–Crippen MR) is 93.9 cm³/mol. The van der Waals surface area contributed by atoms with Crippen molar-refractivity contribution >= 4 is 32.9 Å². The molecular formula is C15H20N4O2S2. The number of aryl methyl sites for hydroxylation is 1. The highest BCUT2D eigenvalue weighted by Crippen LogP contribution is 2.35. The highest BCUT2D eigenvalue weighted by atomic mass is 32.2. The molecule has 0 spiro atoms. The lowest BCUT2D eigenvalue weighted by atomic mass is 9.95. The number of hydrogen-bond donors (Lipinski definition) is 3. The summed E-state index contributed by atoms with van der Waals surface area (Å²) in [5, 5.41) is 8.10. The Morgan fingerprint density at radius 1 is 1.39 bits per heavy atom. The minimum absolute atomic E-state index is 0.273. The zero-order chi connectivity index (χ0) is 16.4. The molecule has 3 N–H and O–H groups in total. The predicted octanol–water partition coefficient (Wildman–Crippen LogP) is 2.37. The van der Waals surface area contributed by atoms with Crippen molar-refractivity contribution < 1.29 is 8.42 Å². The Morgan fingerprint density at radius 3 is 2.83 bits per heavy atom. The van der Waals surface area contributed by atoms with Crippen molar-refractivity contribution in [2.75, 3.05) is 30.2 Å². The van der Waals surface area contributed by atoms with Gasteiger partial charge in [0, 0.05) is 19.0 Å². The monoisotopic (exact) mass is 352 g/mol. The average Bonchev–Trinajstić information content (AvgIpc) is 3.19. The summed E-state index contributed by atoms with van der Waals surface area (Å²) in [5.41, 5.74) is 4.26. The van der Waals surface area contributed by atoms with Gasteiger partial charge in [0.25, 0.3) is 10.0 Å². The Kier molecular flexibility index (Phi) is 4.56. The first-order valence-electron chi connectivity index (χ1n) is 7.45. The van der Waals surface area contributed by atoms with Crippen molar-refractivity contribution in [2.24, 2.45) is 0 Å². The molecular weight excluding hydrogens is 332 g/mol. The van der Waals surface area contributed by atoms with Gasteiger partial charge in [-0.15, -0.1) is 11.3 Å². The Balaban J connectivity index is 2.07. The molecule has 1 aliphatic rings. The zero-order valence-electron chi connectivity index (χ0n) is 13.1. The van der Waals surface area contributed by atoms with Crippen LogP contribution in [0.3, 0.4) is 0 Å². The van der Waals surface area contributed by atoms with E-state index >= 15 is 0 Å². The molecule has 0 saturated carbocycles. The van der Waals surface area contributed by atoms with E-state index in [0.29, 0.717) is 17.4 Å². The van der Waals surface area contributed by atoms with Gasteiger partial charge in [0.2, 0.25) is 0 Å². The van der Waals surface area contributed by atoms with E-state index in [4.69, 9.17) is 0 Å². The molecule has 0 aliphatic carbocycles. The topological polar surface area (TPSA) is 83.1 Å². The van der Waals surface area contributed by atoms with Crippen molar-refractivity contribution in [1.82, 2.24) is 10.3 Å². The number of nitrogens with one attached hydrogen (secondary N) is 3. The van der Waals surface area contributed by atoms with Crippen molar-refractivity contribution in [3.63, 3.8) is 0 Å². The number of hydrogen-bond acceptors (Lipinski definition) is 6. The lowest BCUT2D eigenvalue weighted by Crippen LogP contribution is -2.17. The smallest absolute Gasteiger partial charge is 0.265 e. The van der Waals surface area contributed by atoms with E-state index in [0.717, 1.165) is 30.6 Å². The first-order valence-corrected chi connectivity index (χ1v) is 9.88. The van der Waals surface area contributed by atoms with Crippen LogP contribution in [-0.2, 0) is 10.0 Å². The molecule has 1 aromatic heterocycles. The van der Waals surface area contributed by atoms with Gasteiger partial charge in [-0.2, -0.15) is 0 Å². The molecule has 1 fully saturated rings. The molecule has 1 aromatic carbocycles. The van der Waals surface area contributed by atoms with Gasteiger partial charge in [-0.05, 0) is 43.0 Å². The summed E-state index contributed by atoms with van der Waals surface area (Å²) in [4.78, 5) is 4.28. The number of benzene rings is 1. The largest absolute Gasteiger partial charge is 0.387 e. The molecule has 23 heavy (non-hydrogen) atoms. The molecule has 124 valence electrons. The maximum absolute atomic E-state index is 12.8. The molecule has 3 rings (SSSR count). The Hall–Kier alpha value is -1.64. The fourth-order valence-electron chi connectivity index (χ4n) is 2.96. The number of aromatic nitrogens is 1. The summed E-state index contributed by atoms with van der Waals surface area (Å²) < 4.78 is 28.1. The molecule has 1 aliphatic heterocycles. The molecule has 0 amide bonds. The number of rotatable bonds is 5. The SMILES string of the molecule is CNc1c(C2CCNC2)cc(C)cc1S(=O)(=O)Nc1cscn1. The van der Waals surface area contributed by atoms with E-state index in [2.05, 4.69) is 26.4 Å². The van der Waals surface area contributed by atoms with Crippen molar-refractivity contribution in [1.29, 1.82) is 0 Å². The minimum atomic E-state index is -3.69. The van der Waals surface area contributed by atoms with Gasteiger partial charge in [0.1, 0.15) is 4.90 Å². The van der Waals surface area contributed by atoms with E-state index in [1.165, 1.54) is 11.3 Å². The van der Waals surface area contributed by atoms with Crippen molar-refractivity contribution in [3.8, 4) is 0 Å². The van der Waals surface area contributed by atoms with Crippen LogP contribution < -0.4 is 15.4 Å². The summed E-state index contributed by atoms with van der Waals surface area (Å²) in [6, 6.07) is 3.78. The van der Waals surface area contributed by atoms with Gasteiger partial charge in [-0.1, -0.05) is 6.07 Å². The minimum Gasteiger partial charge on any atom is -0.387 e. The van der Waals surface area contributed by atoms with Crippen LogP contribution >= 0.6 is 11.3 Å². The second-order valence-corrected chi connectivity index (χ2v) is 8.02. The van der Waals surface area contributed by atoms with Gasteiger partial charge >= 0.3 is 0 Å². The maximum atomic E-state index is 12.8. The van der Waals surface area contributed by atoms with Crippen LogP contribution in [0.5, 0.6) is 0 Å². The lowest BCUT2D eigenvalue weighted by Gasteiger charge is -2.20. The van der Waals surface area contributed by atoms with E-state index in [9.17, 15) is 8.42 Å². The quantitative estimate of drug-likeness (QED) is 0.769. The second kappa shape index (κ2) is 6.46. The Morgan fingerprint density at radius 2 is 2.22 bits per heavy atom. The van der Waals surface area contributed by atoms with Crippen LogP contribution in [-0.4, -0.2) is 33.5 Å². The van der Waals surface area contributed by atoms with Crippen LogP contribution in [0.15, 0.2) is 27.9 Å². The second-order valence-electron chi connectivity index (χ2n) is 5.65. The molecule has 6 nitrogen and oxygen atoms in total. The fraction of sp³-hybridized carbons (Fsp3) is 0.400. The highest BCUT2D eigenvalue weighted by Gasteiger charge is 2.26. The Labute approximate surface area is 140 Å². The first kappa shape index (κ1) is 16.2. The van der Waals surface area contributed by atoms with Gasteiger partial charge in [-0.25, -0.2) is 13.4 Å². The maximum Gasteiger partial charge on any atom is 0.265 e. The van der Waals surface area contributed by atoms with Gasteiger partial charge in [-0.3, -0.25) is 4.72 Å². The average molecular weight is 352 g/mol. The van der Waals surface area contributed by atoms with Crippen LogP contribution in [0, 0.1) is 6.92 Å². The summed E-state index contributed by atoms with van der Waals surface area (Å²) in [6.45, 7) is 3.76. The molecule has 2 heterocycles. The van der Waals surface area contributed by atoms with Crippen LogP contribution in [0.4, 0.5) is 11.5 Å². The van der Waals surface area contributed by atoms with E-state index < -0.39 is 10.0 Å². The van der Waals surface area contributed by atoms with Gasteiger partial charge in [0.15, 0.2) is 5.82 Å². The summed E-state index contributed by atoms with van der Waals surface area (Å²) in [7, 11) is -1.93. The third-order valence-electron chi connectivity index (χ3n) is 3.99. The molecule has 0 bridgehead atoms. The number of thiazole rings is 1. The molecule has 0 radical (unpaired) electrons. The fourth-order valence-corrected chi connectivity index (χ4v) is 4.84. The lowest BCUT2D eigenvalue weighted by molar-refractivity contribution is 0.601. The number of sulfonamides is 1. The van der Waals surface area contributed by atoms with Gasteiger partial charge < -0.3 is 10.6 Å². The molecule has 8 heteroatoms. The molecule has 1 unspecified atom stereocenters. The third kappa shape index (κ3) is 3.34. The normalized spacial score (nSPS) is 18.1. The van der Waals surface area contributed by atoms with E-state index in [1.54, 1.807) is 24.0 Å². The summed E-state index contributed by atoms with van der Waals surface area (Å²) in [5.74, 6) is 0.674. The van der Waals surface area contributed by atoms with Gasteiger partial charge in [0.05, 0.1) is 11.2 Å². The summed E-state index contributed by atoms with van der Waals surface area (Å²) in [6.07, 6.45) is 1.01. The first-order chi connectivity index (χ1) is 11.0. The molecule has 2 aromatic rings. The van der Waals surface area contributed by atoms with Crippen molar-refractivity contribution in [3.05, 3.63) is 34.2 Å². The number of anilines is 2. The molecule has 1 saturated heterocycles. The standard InChI is InChI=1S/C15H20N4O2S2/c1-10-5-12(11-3-4-17-7-11)15(16-2)13(6-10)23(20,21)19-14-8-22-9-18-14/h5-6,8-9,11,16-17,19H,3-4,7H2,1-2H3. The van der Waals surface area contributed by atoms with Crippen molar-refractivity contribution in [2.45, 2.75) is 24.2 Å². The summed E-state index contributed by atoms with van der Waals surface area (Å²) >= 11 is 1.35.